The van der Waals surface area contributed by atoms with Gasteiger partial charge < -0.3 is 15.4 Å². The lowest BCUT2D eigenvalue weighted by atomic mass is 10.2. The summed E-state index contributed by atoms with van der Waals surface area (Å²) in [6.07, 6.45) is 0. The quantitative estimate of drug-likeness (QED) is 0.813. The van der Waals surface area contributed by atoms with E-state index in [1.165, 1.54) is 18.4 Å². The van der Waals surface area contributed by atoms with Gasteiger partial charge in [0, 0.05) is 6.04 Å². The fraction of sp³-hybridized carbons (Fsp3) is 0.538. The van der Waals surface area contributed by atoms with Crippen molar-refractivity contribution in [3.8, 4) is 0 Å². The van der Waals surface area contributed by atoms with Gasteiger partial charge >= 0.3 is 5.97 Å². The highest BCUT2D eigenvalue weighted by atomic mass is 32.1. The van der Waals surface area contributed by atoms with Gasteiger partial charge in [0.1, 0.15) is 4.88 Å². The van der Waals surface area contributed by atoms with Crippen LogP contribution in [0.4, 0.5) is 5.69 Å². The first-order chi connectivity index (χ1) is 8.86. The lowest BCUT2D eigenvalue weighted by Gasteiger charge is -2.17. The SMILES string of the molecule is COC(=O)c1scc(C)c1NC(=O)[C@H](C)NC(C)C. The van der Waals surface area contributed by atoms with E-state index in [1.54, 1.807) is 6.92 Å². The molecular weight excluding hydrogens is 264 g/mol. The number of methoxy groups -OCH3 is 1. The summed E-state index contributed by atoms with van der Waals surface area (Å²) in [6.45, 7) is 7.58. The number of amides is 1. The van der Waals surface area contributed by atoms with E-state index in [4.69, 9.17) is 4.74 Å². The third kappa shape index (κ3) is 4.04. The molecule has 0 aromatic carbocycles. The molecule has 0 aliphatic rings. The molecule has 6 heteroatoms. The van der Waals surface area contributed by atoms with Crippen LogP contribution in [0.25, 0.3) is 0 Å². The van der Waals surface area contributed by atoms with E-state index in [0.717, 1.165) is 5.56 Å². The highest BCUT2D eigenvalue weighted by Gasteiger charge is 2.21. The molecule has 2 N–H and O–H groups in total. The second kappa shape index (κ2) is 6.68. The third-order valence-corrected chi connectivity index (χ3v) is 3.65. The number of thiophene rings is 1. The zero-order valence-electron chi connectivity index (χ0n) is 11.9. The molecule has 106 valence electrons. The molecule has 1 atom stereocenters. The predicted molar refractivity (Wildman–Crippen MR) is 76.8 cm³/mol. The Morgan fingerprint density at radius 2 is 1.95 bits per heavy atom. The molecule has 0 spiro atoms. The molecule has 1 amide bonds. The van der Waals surface area contributed by atoms with E-state index >= 15 is 0 Å². The molecule has 5 nitrogen and oxygen atoms in total. The Morgan fingerprint density at radius 1 is 1.32 bits per heavy atom. The van der Waals surface area contributed by atoms with Gasteiger partial charge in [-0.2, -0.15) is 0 Å². The van der Waals surface area contributed by atoms with Gasteiger partial charge in [0.2, 0.25) is 5.91 Å². The number of aryl methyl sites for hydroxylation is 1. The fourth-order valence-electron chi connectivity index (χ4n) is 1.65. The fourth-order valence-corrected chi connectivity index (χ4v) is 2.57. The van der Waals surface area contributed by atoms with E-state index in [2.05, 4.69) is 10.6 Å². The van der Waals surface area contributed by atoms with E-state index in [1.807, 2.05) is 26.2 Å². The lowest BCUT2D eigenvalue weighted by molar-refractivity contribution is -0.117. The second-order valence-electron chi connectivity index (χ2n) is 4.65. The van der Waals surface area contributed by atoms with Crippen LogP contribution < -0.4 is 10.6 Å². The largest absolute Gasteiger partial charge is 0.465 e. The molecule has 1 aromatic heterocycles. The minimum Gasteiger partial charge on any atom is -0.465 e. The van der Waals surface area contributed by atoms with Crippen LogP contribution in [0.2, 0.25) is 0 Å². The van der Waals surface area contributed by atoms with Crippen molar-refractivity contribution in [3.63, 3.8) is 0 Å². The van der Waals surface area contributed by atoms with Crippen LogP contribution in [0.5, 0.6) is 0 Å². The van der Waals surface area contributed by atoms with Crippen LogP contribution in [0.1, 0.15) is 36.0 Å². The summed E-state index contributed by atoms with van der Waals surface area (Å²) < 4.78 is 4.70. The van der Waals surface area contributed by atoms with Gasteiger partial charge in [-0.05, 0) is 24.8 Å². The van der Waals surface area contributed by atoms with Crippen LogP contribution >= 0.6 is 11.3 Å². The Kier molecular flexibility index (Phi) is 5.50. The van der Waals surface area contributed by atoms with Crippen LogP contribution in [0.3, 0.4) is 0 Å². The summed E-state index contributed by atoms with van der Waals surface area (Å²) in [5.41, 5.74) is 1.40. The molecule has 0 saturated carbocycles. The molecule has 0 bridgehead atoms. The molecule has 1 heterocycles. The van der Waals surface area contributed by atoms with Gasteiger partial charge in [-0.3, -0.25) is 4.79 Å². The van der Waals surface area contributed by atoms with Gasteiger partial charge in [-0.1, -0.05) is 13.8 Å². The lowest BCUT2D eigenvalue weighted by Crippen LogP contribution is -2.41. The average Bonchev–Trinajstić information content (AvgIpc) is 2.69. The molecule has 1 rings (SSSR count). The number of ether oxygens (including phenoxy) is 1. The summed E-state index contributed by atoms with van der Waals surface area (Å²) in [4.78, 5) is 24.1. The number of nitrogens with one attached hydrogen (secondary N) is 2. The van der Waals surface area contributed by atoms with Crippen molar-refractivity contribution in [2.45, 2.75) is 39.8 Å². The Bertz CT molecular complexity index is 468. The zero-order valence-corrected chi connectivity index (χ0v) is 12.7. The molecule has 19 heavy (non-hydrogen) atoms. The maximum atomic E-state index is 12.0. The molecule has 0 saturated heterocycles. The number of hydrogen-bond acceptors (Lipinski definition) is 5. The smallest absolute Gasteiger partial charge is 0.350 e. The Morgan fingerprint density at radius 3 is 2.47 bits per heavy atom. The Hall–Kier alpha value is -1.40. The Labute approximate surface area is 117 Å². The minimum absolute atomic E-state index is 0.166. The van der Waals surface area contributed by atoms with Crippen molar-refractivity contribution in [1.29, 1.82) is 0 Å². The minimum atomic E-state index is -0.433. The molecule has 1 aromatic rings. The van der Waals surface area contributed by atoms with E-state index in [-0.39, 0.29) is 18.0 Å². The van der Waals surface area contributed by atoms with Crippen molar-refractivity contribution in [2.24, 2.45) is 0 Å². The summed E-state index contributed by atoms with van der Waals surface area (Å²) in [5, 5.41) is 7.72. The highest BCUT2D eigenvalue weighted by Crippen LogP contribution is 2.28. The molecule has 0 aliphatic heterocycles. The van der Waals surface area contributed by atoms with Crippen LogP contribution in [0, 0.1) is 6.92 Å². The summed E-state index contributed by atoms with van der Waals surface area (Å²) in [5.74, 6) is -0.599. The van der Waals surface area contributed by atoms with E-state index < -0.39 is 5.97 Å². The third-order valence-electron chi connectivity index (χ3n) is 2.57. The summed E-state index contributed by atoms with van der Waals surface area (Å²) in [6, 6.07) is -0.116. The molecule has 0 unspecified atom stereocenters. The molecular formula is C13H20N2O3S. The first-order valence-corrected chi connectivity index (χ1v) is 6.98. The molecule has 0 radical (unpaired) electrons. The standard InChI is InChI=1S/C13H20N2O3S/c1-7(2)14-9(4)12(16)15-10-8(3)6-19-11(10)13(17)18-5/h6-7,9,14H,1-5H3,(H,15,16)/t9-/m0/s1. The number of anilines is 1. The van der Waals surface area contributed by atoms with Crippen molar-refractivity contribution in [2.75, 3.05) is 12.4 Å². The summed E-state index contributed by atoms with van der Waals surface area (Å²) >= 11 is 1.27. The van der Waals surface area contributed by atoms with Gasteiger partial charge in [-0.25, -0.2) is 4.79 Å². The normalized spacial score (nSPS) is 12.3. The molecule has 0 aliphatic carbocycles. The number of rotatable bonds is 5. The van der Waals surface area contributed by atoms with Crippen molar-refractivity contribution >= 4 is 28.9 Å². The van der Waals surface area contributed by atoms with Crippen molar-refractivity contribution < 1.29 is 14.3 Å². The predicted octanol–water partition coefficient (Wildman–Crippen LogP) is 2.17. The average molecular weight is 284 g/mol. The monoisotopic (exact) mass is 284 g/mol. The topological polar surface area (TPSA) is 67.4 Å². The van der Waals surface area contributed by atoms with Gasteiger partial charge in [0.25, 0.3) is 0 Å². The van der Waals surface area contributed by atoms with Crippen molar-refractivity contribution in [3.05, 3.63) is 15.8 Å². The summed E-state index contributed by atoms with van der Waals surface area (Å²) in [7, 11) is 1.33. The Balaban J connectivity index is 2.84. The maximum Gasteiger partial charge on any atom is 0.350 e. The first kappa shape index (κ1) is 15.7. The first-order valence-electron chi connectivity index (χ1n) is 6.10. The highest BCUT2D eigenvalue weighted by molar-refractivity contribution is 7.12. The van der Waals surface area contributed by atoms with E-state index in [9.17, 15) is 9.59 Å². The van der Waals surface area contributed by atoms with Gasteiger partial charge in [0.15, 0.2) is 0 Å². The number of esters is 1. The van der Waals surface area contributed by atoms with Crippen LogP contribution in [-0.2, 0) is 9.53 Å². The number of hydrogen-bond donors (Lipinski definition) is 2. The van der Waals surface area contributed by atoms with Gasteiger partial charge in [0.05, 0.1) is 18.8 Å². The second-order valence-corrected chi connectivity index (χ2v) is 5.53. The van der Waals surface area contributed by atoms with Gasteiger partial charge in [-0.15, -0.1) is 11.3 Å². The van der Waals surface area contributed by atoms with Crippen LogP contribution in [-0.4, -0.2) is 31.1 Å². The molecule has 0 fully saturated rings. The number of carbonyl (C=O) groups is 2. The zero-order chi connectivity index (χ0) is 14.6. The van der Waals surface area contributed by atoms with E-state index in [0.29, 0.717) is 10.6 Å². The number of carbonyl (C=O) groups excluding carboxylic acids is 2. The van der Waals surface area contributed by atoms with Crippen LogP contribution in [0.15, 0.2) is 5.38 Å². The van der Waals surface area contributed by atoms with Crippen molar-refractivity contribution in [1.82, 2.24) is 5.32 Å². The maximum absolute atomic E-state index is 12.0.